The molecule has 1 aliphatic heterocycles. The van der Waals surface area contributed by atoms with Crippen molar-refractivity contribution < 1.29 is 49.8 Å². The minimum absolute atomic E-state index is 0.116. The number of amides is 1. The van der Waals surface area contributed by atoms with Crippen molar-refractivity contribution in [1.82, 2.24) is 25.0 Å². The number of ether oxygens (including phenoxy) is 1. The summed E-state index contributed by atoms with van der Waals surface area (Å²) in [5, 5.41) is 20.7. The molecule has 1 unspecified atom stereocenters. The van der Waals surface area contributed by atoms with Gasteiger partial charge in [0.25, 0.3) is 7.82 Å². The van der Waals surface area contributed by atoms with E-state index in [0.29, 0.717) is 12.8 Å². The summed E-state index contributed by atoms with van der Waals surface area (Å²) in [4.78, 5) is 35.8. The second-order valence-corrected chi connectivity index (χ2v) is 8.81. The van der Waals surface area contributed by atoms with Crippen LogP contribution in [-0.4, -0.2) is 73.1 Å². The van der Waals surface area contributed by atoms with E-state index in [0.717, 1.165) is 13.0 Å². The van der Waals surface area contributed by atoms with E-state index in [1.807, 2.05) is 0 Å². The number of nitrogens with one attached hydrogen (secondary N) is 1. The van der Waals surface area contributed by atoms with Gasteiger partial charge in [-0.3, -0.25) is 13.9 Å². The summed E-state index contributed by atoms with van der Waals surface area (Å²) in [5.74, 6) is -0.607. The molecular formula is C16H28N8O8P+. The monoisotopic (exact) mass is 491 g/mol. The Bertz CT molecular complexity index is 1010. The normalized spacial score (nSPS) is 25.7. The van der Waals surface area contributed by atoms with E-state index in [9.17, 15) is 24.5 Å². The van der Waals surface area contributed by atoms with Gasteiger partial charge < -0.3 is 41.6 Å². The molecule has 17 heteroatoms. The molecule has 1 fully saturated rings. The lowest BCUT2D eigenvalue weighted by Gasteiger charge is -2.24. The Morgan fingerprint density at radius 1 is 1.36 bits per heavy atom. The van der Waals surface area contributed by atoms with Gasteiger partial charge in [0.2, 0.25) is 0 Å². The summed E-state index contributed by atoms with van der Waals surface area (Å²) < 4.78 is 28.0. The highest BCUT2D eigenvalue weighted by molar-refractivity contribution is 7.45. The van der Waals surface area contributed by atoms with Crippen molar-refractivity contribution in [3.8, 4) is 0 Å². The van der Waals surface area contributed by atoms with Gasteiger partial charge in [0.1, 0.15) is 30.2 Å². The molecule has 2 aromatic heterocycles. The molecule has 0 bridgehead atoms. The van der Waals surface area contributed by atoms with Crippen LogP contribution in [0.1, 0.15) is 25.5 Å². The summed E-state index contributed by atoms with van der Waals surface area (Å²) in [5.41, 5.74) is 15.4. The van der Waals surface area contributed by atoms with Gasteiger partial charge in [-0.15, -0.1) is 0 Å². The number of aromatic nitrogens is 4. The molecule has 0 aliphatic carbocycles. The Balaban J connectivity index is 1.55. The molecule has 0 radical (unpaired) electrons. The standard InChI is InChI=1S/C16H27N8O8P/c17-4-2-1-3-8(18)15(27)23-32-33(28,29)30-5-9-11(25)12(26)16(31-9)24-7-22-10-13(19)20-6-21-14(10)24/h6-9,11-12,16,25-26H,1-5,17-18H2,(H,23,27)(H,28,29)(H2,19,20,21)/p+1/t8-,9+,11+,12+,16+/m0/s1. The zero-order valence-corrected chi connectivity index (χ0v) is 18.5. The van der Waals surface area contributed by atoms with Gasteiger partial charge in [0, 0.05) is 6.42 Å². The maximum Gasteiger partial charge on any atom is 0.302 e. The van der Waals surface area contributed by atoms with Crippen molar-refractivity contribution in [3.63, 3.8) is 0 Å². The van der Waals surface area contributed by atoms with Gasteiger partial charge in [-0.25, -0.2) is 20.4 Å². The Morgan fingerprint density at radius 3 is 2.85 bits per heavy atom. The molecule has 33 heavy (non-hydrogen) atoms. The summed E-state index contributed by atoms with van der Waals surface area (Å²) in [6, 6.07) is -0.713. The second-order valence-electron chi connectivity index (χ2n) is 7.48. The fraction of sp³-hybridized carbons (Fsp3) is 0.625. The molecule has 16 nitrogen and oxygen atoms in total. The quantitative estimate of drug-likeness (QED) is 0.0988. The number of nitrogen functional groups attached to an aromatic ring is 1. The number of hydrogen-bond donors (Lipinski definition) is 6. The summed E-state index contributed by atoms with van der Waals surface area (Å²) >= 11 is 0. The molecule has 2 aromatic rings. The van der Waals surface area contributed by atoms with Gasteiger partial charge in [-0.1, -0.05) is 0 Å². The van der Waals surface area contributed by atoms with Gasteiger partial charge in [-0.2, -0.15) is 4.62 Å². The molecule has 0 saturated carbocycles. The first kappa shape index (κ1) is 25.4. The topological polar surface area (TPSA) is 262 Å². The van der Waals surface area contributed by atoms with Crippen molar-refractivity contribution in [2.45, 2.75) is 49.8 Å². The van der Waals surface area contributed by atoms with Crippen LogP contribution in [0.25, 0.3) is 11.2 Å². The summed E-state index contributed by atoms with van der Waals surface area (Å²) in [6.45, 7) is 0.0321. The average molecular weight is 491 g/mol. The third-order valence-corrected chi connectivity index (χ3v) is 5.86. The average Bonchev–Trinajstić information content (AvgIpc) is 3.33. The van der Waals surface area contributed by atoms with Gasteiger partial charge in [0.15, 0.2) is 23.7 Å². The second kappa shape index (κ2) is 10.8. The van der Waals surface area contributed by atoms with E-state index in [1.165, 1.54) is 17.2 Å². The van der Waals surface area contributed by atoms with Crippen LogP contribution in [0.4, 0.5) is 5.82 Å². The molecule has 1 aliphatic rings. The Morgan fingerprint density at radius 2 is 2.12 bits per heavy atom. The fourth-order valence-corrected chi connectivity index (χ4v) is 3.81. The van der Waals surface area contributed by atoms with Crippen LogP contribution in [0, 0.1) is 0 Å². The number of hydroxylamine groups is 1. The summed E-state index contributed by atoms with van der Waals surface area (Å²) in [7, 11) is -4.99. The first-order chi connectivity index (χ1) is 15.6. The van der Waals surface area contributed by atoms with Crippen molar-refractivity contribution in [2.24, 2.45) is 0 Å². The number of quaternary nitrogens is 2. The van der Waals surface area contributed by atoms with E-state index in [4.69, 9.17) is 15.0 Å². The van der Waals surface area contributed by atoms with Crippen LogP contribution in [-0.2, 0) is 23.2 Å². The number of fused-ring (bicyclic) bond motifs is 1. The number of phosphoric acid groups is 1. The smallest absolute Gasteiger partial charge is 0.302 e. The molecule has 6 atom stereocenters. The lowest BCUT2D eigenvalue weighted by atomic mass is 10.1. The zero-order valence-electron chi connectivity index (χ0n) is 17.6. The van der Waals surface area contributed by atoms with Crippen molar-refractivity contribution in [1.29, 1.82) is 0 Å². The van der Waals surface area contributed by atoms with Crippen LogP contribution < -0.4 is 27.6 Å². The number of carbonyl (C=O) groups is 1. The molecule has 184 valence electrons. The highest BCUT2D eigenvalue weighted by Crippen LogP contribution is 2.39. The lowest BCUT2D eigenvalue weighted by molar-refractivity contribution is -0.407. The van der Waals surface area contributed by atoms with E-state index in [-0.39, 0.29) is 17.0 Å². The van der Waals surface area contributed by atoms with Gasteiger partial charge in [-0.05, 0) is 12.8 Å². The number of phosphoric ester groups is 1. The molecule has 1 saturated heterocycles. The number of aliphatic hydroxyl groups is 2. The van der Waals surface area contributed by atoms with E-state index >= 15 is 0 Å². The van der Waals surface area contributed by atoms with E-state index in [2.05, 4.69) is 31.0 Å². The highest BCUT2D eigenvalue weighted by atomic mass is 31.2. The van der Waals surface area contributed by atoms with E-state index < -0.39 is 50.9 Å². The van der Waals surface area contributed by atoms with E-state index in [1.54, 1.807) is 5.48 Å². The maximum absolute atomic E-state index is 12.0. The van der Waals surface area contributed by atoms with Crippen LogP contribution in [0.15, 0.2) is 12.7 Å². The number of nitrogens with two attached hydrogens (primary N) is 1. The van der Waals surface area contributed by atoms with Crippen LogP contribution in [0.5, 0.6) is 0 Å². The third kappa shape index (κ3) is 6.00. The lowest BCUT2D eigenvalue weighted by Crippen LogP contribution is -2.67. The van der Waals surface area contributed by atoms with Crippen LogP contribution in [0.2, 0.25) is 0 Å². The Labute approximate surface area is 187 Å². The number of hydrogen-bond acceptors (Lipinski definition) is 12. The summed E-state index contributed by atoms with van der Waals surface area (Å²) in [6.07, 6.45) is -0.890. The Hall–Kier alpha value is -2.27. The molecule has 0 spiro atoms. The Kier molecular flexibility index (Phi) is 8.28. The van der Waals surface area contributed by atoms with Crippen molar-refractivity contribution in [3.05, 3.63) is 12.7 Å². The number of carbonyl (C=O) groups excluding carboxylic acids is 1. The van der Waals surface area contributed by atoms with Crippen molar-refractivity contribution in [2.75, 3.05) is 18.9 Å². The maximum atomic E-state index is 12.0. The number of imidazole rings is 1. The molecule has 3 rings (SSSR count). The van der Waals surface area contributed by atoms with Crippen molar-refractivity contribution >= 4 is 30.7 Å². The van der Waals surface area contributed by atoms with Gasteiger partial charge >= 0.3 is 5.91 Å². The minimum Gasteiger partial charge on any atom is -0.755 e. The van der Waals surface area contributed by atoms with Gasteiger partial charge in [0.05, 0.1) is 19.5 Å². The van der Waals surface area contributed by atoms with Crippen LogP contribution in [0.3, 0.4) is 0 Å². The highest BCUT2D eigenvalue weighted by Gasteiger charge is 2.45. The first-order valence-electron chi connectivity index (χ1n) is 10.2. The number of nitrogens with zero attached hydrogens (tertiary/aromatic N) is 4. The molecule has 1 amide bonds. The molecule has 11 N–H and O–H groups in total. The fourth-order valence-electron chi connectivity index (χ4n) is 3.23. The first-order valence-corrected chi connectivity index (χ1v) is 11.6. The zero-order chi connectivity index (χ0) is 24.2. The molecule has 3 heterocycles. The predicted molar refractivity (Wildman–Crippen MR) is 107 cm³/mol. The minimum atomic E-state index is -4.99. The predicted octanol–water partition coefficient (Wildman–Crippen LogP) is -4.42. The van der Waals surface area contributed by atoms with Crippen LogP contribution >= 0.6 is 7.82 Å². The number of anilines is 1. The SMILES string of the molecule is Nc1ncnc2c1ncn2[C@@H]1O[C@H](COP(=O)([O-])ONC(=O)[C@@H]([NH3+])CCCC[NH3+])[C@@H](O)[C@H]1O. The number of aliphatic hydroxyl groups excluding tert-OH is 2. The molecular weight excluding hydrogens is 463 g/mol. The molecule has 0 aromatic carbocycles. The number of rotatable bonds is 11. The number of unbranched alkanes of at least 4 members (excludes halogenated alkanes) is 1. The largest absolute Gasteiger partial charge is 0.755 e. The third-order valence-electron chi connectivity index (χ3n) is 5.08.